The summed E-state index contributed by atoms with van der Waals surface area (Å²) in [6, 6.07) is 15.4. The van der Waals surface area contributed by atoms with Gasteiger partial charge >= 0.3 is 6.09 Å². The number of nitrogens with zero attached hydrogens (tertiary/aromatic N) is 5. The van der Waals surface area contributed by atoms with Gasteiger partial charge in [-0.2, -0.15) is 0 Å². The highest BCUT2D eigenvalue weighted by atomic mass is 16.6. The van der Waals surface area contributed by atoms with Crippen LogP contribution in [0.2, 0.25) is 0 Å². The third-order valence-electron chi connectivity index (χ3n) is 6.15. The SMILES string of the molecule is CC(C)(C)OC(=O)N[C@H](Cc1ccccc1)C(=O)N1CCC[C@H]1C(=O)NCc1ccccc1-n1cnnn1. The Morgan fingerprint density at radius 1 is 1.08 bits per heavy atom. The van der Waals surface area contributed by atoms with E-state index in [1.165, 1.54) is 11.0 Å². The molecule has 11 heteroatoms. The molecule has 2 aromatic carbocycles. The molecule has 0 bridgehead atoms. The second-order valence-electron chi connectivity index (χ2n) is 10.2. The lowest BCUT2D eigenvalue weighted by Gasteiger charge is -2.29. The molecule has 1 saturated heterocycles. The van der Waals surface area contributed by atoms with Crippen molar-refractivity contribution in [3.63, 3.8) is 0 Å². The van der Waals surface area contributed by atoms with Crippen LogP contribution in [0.25, 0.3) is 5.69 Å². The van der Waals surface area contributed by atoms with Crippen molar-refractivity contribution in [3.8, 4) is 5.69 Å². The van der Waals surface area contributed by atoms with E-state index in [1.807, 2.05) is 54.6 Å². The molecule has 4 rings (SSSR count). The first-order valence-corrected chi connectivity index (χ1v) is 12.6. The van der Waals surface area contributed by atoms with Crippen molar-refractivity contribution in [2.24, 2.45) is 0 Å². The van der Waals surface area contributed by atoms with Crippen molar-refractivity contribution >= 4 is 17.9 Å². The van der Waals surface area contributed by atoms with Crippen LogP contribution in [0, 0.1) is 0 Å². The fourth-order valence-electron chi connectivity index (χ4n) is 4.46. The van der Waals surface area contributed by atoms with Gasteiger partial charge in [-0.1, -0.05) is 48.5 Å². The number of aromatic nitrogens is 4. The molecule has 1 aliphatic rings. The van der Waals surface area contributed by atoms with E-state index >= 15 is 0 Å². The van der Waals surface area contributed by atoms with Crippen molar-refractivity contribution in [2.75, 3.05) is 6.54 Å². The number of hydrogen-bond acceptors (Lipinski definition) is 7. The van der Waals surface area contributed by atoms with Crippen LogP contribution in [-0.2, 0) is 27.3 Å². The highest BCUT2D eigenvalue weighted by Gasteiger charge is 2.38. The monoisotopic (exact) mass is 519 g/mol. The van der Waals surface area contributed by atoms with E-state index in [-0.39, 0.29) is 24.8 Å². The summed E-state index contributed by atoms with van der Waals surface area (Å²) in [5, 5.41) is 17.0. The van der Waals surface area contributed by atoms with Crippen molar-refractivity contribution in [1.82, 2.24) is 35.7 Å². The number of tetrazole rings is 1. The van der Waals surface area contributed by atoms with E-state index < -0.39 is 23.8 Å². The average molecular weight is 520 g/mol. The van der Waals surface area contributed by atoms with Gasteiger partial charge in [0, 0.05) is 19.5 Å². The second kappa shape index (κ2) is 11.8. The van der Waals surface area contributed by atoms with E-state index in [4.69, 9.17) is 4.74 Å². The molecular weight excluding hydrogens is 486 g/mol. The minimum absolute atomic E-state index is 0.247. The molecular formula is C27H33N7O4. The molecule has 0 saturated carbocycles. The van der Waals surface area contributed by atoms with Crippen molar-refractivity contribution in [3.05, 3.63) is 72.1 Å². The van der Waals surface area contributed by atoms with E-state index in [2.05, 4.69) is 26.2 Å². The minimum atomic E-state index is -0.874. The van der Waals surface area contributed by atoms with Crippen LogP contribution in [0.5, 0.6) is 0 Å². The maximum atomic E-state index is 13.7. The number of para-hydroxylation sites is 1. The highest BCUT2D eigenvalue weighted by Crippen LogP contribution is 2.21. The van der Waals surface area contributed by atoms with Gasteiger partial charge in [0.25, 0.3) is 0 Å². The predicted molar refractivity (Wildman–Crippen MR) is 139 cm³/mol. The quantitative estimate of drug-likeness (QED) is 0.467. The van der Waals surface area contributed by atoms with E-state index in [9.17, 15) is 14.4 Å². The maximum absolute atomic E-state index is 13.7. The minimum Gasteiger partial charge on any atom is -0.444 e. The first-order valence-electron chi connectivity index (χ1n) is 12.6. The molecule has 38 heavy (non-hydrogen) atoms. The van der Waals surface area contributed by atoms with Gasteiger partial charge in [0.2, 0.25) is 11.8 Å². The molecule has 1 aromatic heterocycles. The van der Waals surface area contributed by atoms with Gasteiger partial charge in [0.05, 0.1) is 5.69 Å². The third-order valence-corrected chi connectivity index (χ3v) is 6.15. The van der Waals surface area contributed by atoms with Gasteiger partial charge < -0.3 is 20.3 Å². The van der Waals surface area contributed by atoms with Gasteiger partial charge in [-0.15, -0.1) is 5.10 Å². The van der Waals surface area contributed by atoms with Crippen molar-refractivity contribution in [1.29, 1.82) is 0 Å². The molecule has 0 aliphatic carbocycles. The number of rotatable bonds is 8. The molecule has 2 N–H and O–H groups in total. The molecule has 3 aromatic rings. The van der Waals surface area contributed by atoms with E-state index in [0.717, 1.165) is 16.8 Å². The highest BCUT2D eigenvalue weighted by molar-refractivity contribution is 5.92. The Balaban J connectivity index is 1.46. The fraction of sp³-hybridized carbons (Fsp3) is 0.407. The molecule has 0 unspecified atom stereocenters. The molecule has 2 heterocycles. The summed E-state index contributed by atoms with van der Waals surface area (Å²) in [5.74, 6) is -0.565. The van der Waals surface area contributed by atoms with E-state index in [0.29, 0.717) is 19.4 Å². The Bertz CT molecular complexity index is 1240. The van der Waals surface area contributed by atoms with Gasteiger partial charge in [0.1, 0.15) is 24.0 Å². The van der Waals surface area contributed by atoms with Crippen LogP contribution in [-0.4, -0.2) is 67.2 Å². The molecule has 1 fully saturated rings. The summed E-state index contributed by atoms with van der Waals surface area (Å²) >= 11 is 0. The Morgan fingerprint density at radius 2 is 1.82 bits per heavy atom. The Hall–Kier alpha value is -4.28. The summed E-state index contributed by atoms with van der Waals surface area (Å²) in [4.78, 5) is 41.1. The van der Waals surface area contributed by atoms with Crippen LogP contribution < -0.4 is 10.6 Å². The van der Waals surface area contributed by atoms with Crippen LogP contribution in [0.15, 0.2) is 60.9 Å². The zero-order valence-electron chi connectivity index (χ0n) is 21.8. The number of carbonyl (C=O) groups excluding carboxylic acids is 3. The number of hydrogen-bond donors (Lipinski definition) is 2. The number of alkyl carbamates (subject to hydrolysis) is 1. The number of carbonyl (C=O) groups is 3. The van der Waals surface area contributed by atoms with Crippen molar-refractivity contribution < 1.29 is 19.1 Å². The number of amides is 3. The summed E-state index contributed by atoms with van der Waals surface area (Å²) in [6.45, 7) is 5.97. The molecule has 0 radical (unpaired) electrons. The van der Waals surface area contributed by atoms with Gasteiger partial charge in [-0.3, -0.25) is 9.59 Å². The standard InChI is InChI=1S/C27H33N7O4/c1-27(2,3)38-26(37)30-21(16-19-10-5-4-6-11-19)25(36)33-15-9-14-23(33)24(35)28-17-20-12-7-8-13-22(20)34-18-29-31-32-34/h4-8,10-13,18,21,23H,9,14-17H2,1-3H3,(H,28,35)(H,30,37)/t21-,23+/m1/s1. The van der Waals surface area contributed by atoms with Gasteiger partial charge in [-0.05, 0) is 61.2 Å². The molecule has 11 nitrogen and oxygen atoms in total. The smallest absolute Gasteiger partial charge is 0.408 e. The summed E-state index contributed by atoms with van der Waals surface area (Å²) in [5.41, 5.74) is 1.76. The number of nitrogens with one attached hydrogen (secondary N) is 2. The zero-order chi connectivity index (χ0) is 27.1. The predicted octanol–water partition coefficient (Wildman–Crippen LogP) is 2.41. The van der Waals surface area contributed by atoms with Gasteiger partial charge in [-0.25, -0.2) is 9.48 Å². The Morgan fingerprint density at radius 3 is 2.53 bits per heavy atom. The van der Waals surface area contributed by atoms with E-state index in [1.54, 1.807) is 25.7 Å². The van der Waals surface area contributed by atoms with Gasteiger partial charge in [0.15, 0.2) is 0 Å². The lowest BCUT2D eigenvalue weighted by atomic mass is 10.0. The molecule has 0 spiro atoms. The Kier molecular flexibility index (Phi) is 8.35. The molecule has 200 valence electrons. The maximum Gasteiger partial charge on any atom is 0.408 e. The third kappa shape index (κ3) is 6.93. The number of likely N-dealkylation sites (tertiary alicyclic amines) is 1. The normalized spacial score (nSPS) is 16.1. The summed E-state index contributed by atoms with van der Waals surface area (Å²) < 4.78 is 6.94. The summed E-state index contributed by atoms with van der Waals surface area (Å²) in [7, 11) is 0. The second-order valence-corrected chi connectivity index (χ2v) is 10.2. The first kappa shape index (κ1) is 26.8. The fourth-order valence-corrected chi connectivity index (χ4v) is 4.46. The van der Waals surface area contributed by atoms with Crippen molar-refractivity contribution in [2.45, 2.75) is 64.3 Å². The average Bonchev–Trinajstić information content (AvgIpc) is 3.59. The van der Waals surface area contributed by atoms with Crippen LogP contribution in [0.1, 0.15) is 44.7 Å². The number of benzene rings is 2. The summed E-state index contributed by atoms with van der Waals surface area (Å²) in [6.07, 6.45) is 2.32. The van der Waals surface area contributed by atoms with Crippen LogP contribution in [0.4, 0.5) is 4.79 Å². The topological polar surface area (TPSA) is 131 Å². The zero-order valence-corrected chi connectivity index (χ0v) is 21.8. The number of ether oxygens (including phenoxy) is 1. The molecule has 2 atom stereocenters. The molecule has 1 aliphatic heterocycles. The first-order chi connectivity index (χ1) is 18.2. The largest absolute Gasteiger partial charge is 0.444 e. The Labute approximate surface area is 221 Å². The van der Waals surface area contributed by atoms with Crippen LogP contribution in [0.3, 0.4) is 0 Å². The molecule has 3 amide bonds. The lowest BCUT2D eigenvalue weighted by Crippen LogP contribution is -2.54. The lowest BCUT2D eigenvalue weighted by molar-refractivity contribution is -0.140. The van der Waals surface area contributed by atoms with Crippen LogP contribution >= 0.6 is 0 Å².